The number of nitrogens with one attached hydrogen (secondary N) is 1. The maximum atomic E-state index is 12.4. The van der Waals surface area contributed by atoms with Crippen LogP contribution in [0.15, 0.2) is 41.1 Å². The predicted molar refractivity (Wildman–Crippen MR) is 95.7 cm³/mol. The fourth-order valence-corrected chi connectivity index (χ4v) is 3.02. The van der Waals surface area contributed by atoms with Gasteiger partial charge in [0, 0.05) is 29.4 Å². The average Bonchev–Trinajstić information content (AvgIpc) is 3.24. The molecule has 1 atom stereocenters. The van der Waals surface area contributed by atoms with Crippen molar-refractivity contribution >= 4 is 29.1 Å². The third-order valence-electron chi connectivity index (χ3n) is 3.78. The molecule has 3 aromatic rings. The highest BCUT2D eigenvalue weighted by Gasteiger charge is 2.19. The van der Waals surface area contributed by atoms with E-state index in [2.05, 4.69) is 15.6 Å². The Hall–Kier alpha value is -2.31. The number of amides is 1. The SMILES string of the molecule is CCn1nccc1C(C)NC(=O)c1cc(-c2ccc(Cl)cc2Cl)on1. The summed E-state index contributed by atoms with van der Waals surface area (Å²) >= 11 is 12.0. The molecular formula is C17H16Cl2N4O2. The topological polar surface area (TPSA) is 73.0 Å². The van der Waals surface area contributed by atoms with Crippen LogP contribution >= 0.6 is 23.2 Å². The molecule has 0 aliphatic carbocycles. The lowest BCUT2D eigenvalue weighted by Gasteiger charge is -2.14. The highest BCUT2D eigenvalue weighted by molar-refractivity contribution is 6.36. The minimum Gasteiger partial charge on any atom is -0.355 e. The second-order valence-electron chi connectivity index (χ2n) is 5.47. The van der Waals surface area contributed by atoms with Gasteiger partial charge in [0.15, 0.2) is 11.5 Å². The Labute approximate surface area is 154 Å². The van der Waals surface area contributed by atoms with Crippen LogP contribution in [-0.2, 0) is 6.54 Å². The molecule has 0 spiro atoms. The Bertz CT molecular complexity index is 904. The highest BCUT2D eigenvalue weighted by Crippen LogP contribution is 2.30. The van der Waals surface area contributed by atoms with E-state index in [1.807, 2.05) is 24.6 Å². The second-order valence-corrected chi connectivity index (χ2v) is 6.31. The number of rotatable bonds is 5. The van der Waals surface area contributed by atoms with Gasteiger partial charge in [0.05, 0.1) is 16.8 Å². The molecule has 0 aliphatic rings. The lowest BCUT2D eigenvalue weighted by molar-refractivity contribution is 0.0929. The van der Waals surface area contributed by atoms with Gasteiger partial charge in [-0.15, -0.1) is 0 Å². The van der Waals surface area contributed by atoms with Crippen molar-refractivity contribution in [1.29, 1.82) is 0 Å². The summed E-state index contributed by atoms with van der Waals surface area (Å²) in [4.78, 5) is 12.4. The van der Waals surface area contributed by atoms with Crippen LogP contribution in [0.2, 0.25) is 10.0 Å². The van der Waals surface area contributed by atoms with Crippen molar-refractivity contribution in [2.24, 2.45) is 0 Å². The maximum absolute atomic E-state index is 12.4. The van der Waals surface area contributed by atoms with Gasteiger partial charge in [-0.1, -0.05) is 28.4 Å². The Morgan fingerprint density at radius 3 is 2.84 bits per heavy atom. The van der Waals surface area contributed by atoms with Crippen LogP contribution in [0.4, 0.5) is 0 Å². The molecule has 25 heavy (non-hydrogen) atoms. The van der Waals surface area contributed by atoms with Crippen LogP contribution in [0.3, 0.4) is 0 Å². The van der Waals surface area contributed by atoms with Crippen molar-refractivity contribution in [3.63, 3.8) is 0 Å². The molecule has 1 unspecified atom stereocenters. The Morgan fingerprint density at radius 1 is 1.32 bits per heavy atom. The van der Waals surface area contributed by atoms with Gasteiger partial charge >= 0.3 is 0 Å². The summed E-state index contributed by atoms with van der Waals surface area (Å²) in [7, 11) is 0. The molecule has 3 rings (SSSR count). The van der Waals surface area contributed by atoms with Crippen LogP contribution in [0.1, 0.15) is 36.1 Å². The largest absolute Gasteiger partial charge is 0.355 e. The van der Waals surface area contributed by atoms with E-state index < -0.39 is 0 Å². The van der Waals surface area contributed by atoms with E-state index in [1.165, 1.54) is 0 Å². The van der Waals surface area contributed by atoms with Gasteiger partial charge in [-0.3, -0.25) is 9.48 Å². The number of carbonyl (C=O) groups is 1. The molecule has 130 valence electrons. The molecule has 2 aromatic heterocycles. The van der Waals surface area contributed by atoms with Crippen molar-refractivity contribution in [1.82, 2.24) is 20.3 Å². The fraction of sp³-hybridized carbons (Fsp3) is 0.235. The summed E-state index contributed by atoms with van der Waals surface area (Å²) in [5.41, 5.74) is 1.71. The minimum atomic E-state index is -0.337. The minimum absolute atomic E-state index is 0.176. The maximum Gasteiger partial charge on any atom is 0.274 e. The Balaban J connectivity index is 1.76. The first-order valence-corrected chi connectivity index (χ1v) is 8.50. The number of aryl methyl sites for hydroxylation is 1. The van der Waals surface area contributed by atoms with Gasteiger partial charge in [0.25, 0.3) is 5.91 Å². The van der Waals surface area contributed by atoms with Crippen molar-refractivity contribution in [2.75, 3.05) is 0 Å². The zero-order chi connectivity index (χ0) is 18.0. The first-order chi connectivity index (χ1) is 12.0. The van der Waals surface area contributed by atoms with Gasteiger partial charge in [-0.2, -0.15) is 5.10 Å². The van der Waals surface area contributed by atoms with E-state index in [-0.39, 0.29) is 17.6 Å². The molecular weight excluding hydrogens is 363 g/mol. The van der Waals surface area contributed by atoms with Gasteiger partial charge in [-0.05, 0) is 38.1 Å². The van der Waals surface area contributed by atoms with Crippen molar-refractivity contribution in [3.8, 4) is 11.3 Å². The molecule has 1 N–H and O–H groups in total. The Morgan fingerprint density at radius 2 is 2.12 bits per heavy atom. The summed E-state index contributed by atoms with van der Waals surface area (Å²) in [6.45, 7) is 4.61. The second kappa shape index (κ2) is 7.29. The standard InChI is InChI=1S/C17H16Cl2N4O2/c1-3-23-15(6-7-20-23)10(2)21-17(24)14-9-16(25-22-14)12-5-4-11(18)8-13(12)19/h4-10H,3H2,1-2H3,(H,21,24). The number of carbonyl (C=O) groups excluding carboxylic acids is 1. The van der Waals surface area contributed by atoms with Crippen molar-refractivity contribution in [3.05, 3.63) is 58.0 Å². The summed E-state index contributed by atoms with van der Waals surface area (Å²) in [5.74, 6) is 0.0644. The van der Waals surface area contributed by atoms with E-state index in [9.17, 15) is 4.79 Å². The first-order valence-electron chi connectivity index (χ1n) is 7.74. The van der Waals surface area contributed by atoms with Crippen molar-refractivity contribution in [2.45, 2.75) is 26.4 Å². The summed E-state index contributed by atoms with van der Waals surface area (Å²) in [6, 6.07) is 8.22. The molecule has 0 bridgehead atoms. The normalized spacial score (nSPS) is 12.2. The van der Waals surface area contributed by atoms with Crippen LogP contribution in [-0.4, -0.2) is 20.8 Å². The first kappa shape index (κ1) is 17.5. The third kappa shape index (κ3) is 3.70. The zero-order valence-electron chi connectivity index (χ0n) is 13.7. The molecule has 0 saturated carbocycles. The number of hydrogen-bond acceptors (Lipinski definition) is 4. The average molecular weight is 379 g/mol. The van der Waals surface area contributed by atoms with Gasteiger partial charge in [0.1, 0.15) is 0 Å². The smallest absolute Gasteiger partial charge is 0.274 e. The third-order valence-corrected chi connectivity index (χ3v) is 4.33. The molecule has 6 nitrogen and oxygen atoms in total. The van der Waals surface area contributed by atoms with Gasteiger partial charge in [-0.25, -0.2) is 0 Å². The molecule has 1 aromatic carbocycles. The zero-order valence-corrected chi connectivity index (χ0v) is 15.2. The van der Waals surface area contributed by atoms with E-state index in [0.29, 0.717) is 21.4 Å². The van der Waals surface area contributed by atoms with Crippen molar-refractivity contribution < 1.29 is 9.32 Å². The lowest BCUT2D eigenvalue weighted by atomic mass is 10.1. The molecule has 0 saturated heterocycles. The van der Waals surface area contributed by atoms with Crippen LogP contribution in [0.25, 0.3) is 11.3 Å². The fourth-order valence-electron chi connectivity index (χ4n) is 2.52. The quantitative estimate of drug-likeness (QED) is 0.715. The summed E-state index contributed by atoms with van der Waals surface area (Å²) < 4.78 is 7.08. The van der Waals surface area contributed by atoms with E-state index in [1.54, 1.807) is 30.5 Å². The van der Waals surface area contributed by atoms with Crippen LogP contribution in [0.5, 0.6) is 0 Å². The number of hydrogen-bond donors (Lipinski definition) is 1. The van der Waals surface area contributed by atoms with Gasteiger partial charge in [0.2, 0.25) is 0 Å². The molecule has 2 heterocycles. The number of halogens is 2. The van der Waals surface area contributed by atoms with E-state index in [0.717, 1.165) is 12.2 Å². The highest BCUT2D eigenvalue weighted by atomic mass is 35.5. The summed E-state index contributed by atoms with van der Waals surface area (Å²) in [5, 5.41) is 11.9. The Kier molecular flexibility index (Phi) is 5.11. The molecule has 0 radical (unpaired) electrons. The number of benzene rings is 1. The summed E-state index contributed by atoms with van der Waals surface area (Å²) in [6.07, 6.45) is 1.71. The number of aromatic nitrogens is 3. The number of nitrogens with zero attached hydrogens (tertiary/aromatic N) is 3. The van der Waals surface area contributed by atoms with Crippen LogP contribution in [0, 0.1) is 0 Å². The van der Waals surface area contributed by atoms with Gasteiger partial charge < -0.3 is 9.84 Å². The predicted octanol–water partition coefficient (Wildman–Crippen LogP) is 4.36. The lowest BCUT2D eigenvalue weighted by Crippen LogP contribution is -2.28. The van der Waals surface area contributed by atoms with E-state index in [4.69, 9.17) is 27.7 Å². The van der Waals surface area contributed by atoms with Crippen LogP contribution < -0.4 is 5.32 Å². The molecule has 1 amide bonds. The molecule has 8 heteroatoms. The van der Waals surface area contributed by atoms with E-state index >= 15 is 0 Å². The monoisotopic (exact) mass is 378 g/mol. The molecule has 0 fully saturated rings. The molecule has 0 aliphatic heterocycles.